The summed E-state index contributed by atoms with van der Waals surface area (Å²) in [6, 6.07) is 11.0. The normalized spacial score (nSPS) is 16.2. The van der Waals surface area contributed by atoms with Crippen LogP contribution in [0.25, 0.3) is 11.3 Å². The highest BCUT2D eigenvalue weighted by Crippen LogP contribution is 2.26. The molecule has 1 aliphatic rings. The molecule has 0 saturated carbocycles. The maximum absolute atomic E-state index is 12.7. The monoisotopic (exact) mass is 381 g/mol. The summed E-state index contributed by atoms with van der Waals surface area (Å²) in [6.45, 7) is 1.23. The summed E-state index contributed by atoms with van der Waals surface area (Å²) >= 11 is 1.38. The van der Waals surface area contributed by atoms with Gasteiger partial charge in [-0.05, 0) is 37.1 Å². The standard InChI is InChI=1S/C20H19N3O3S/c24-19(23-20-22-17(13-27-20)14-5-3-9-21-11-14)16-7-1-2-8-18(16)26-12-15-6-4-10-25-15/h1-3,5,7-9,11,13,15H,4,6,10,12H2,(H,22,23,24). The quantitative estimate of drug-likeness (QED) is 0.698. The number of carbonyl (C=O) groups is 1. The van der Waals surface area contributed by atoms with E-state index in [1.807, 2.05) is 29.6 Å². The van der Waals surface area contributed by atoms with Gasteiger partial charge in [0.2, 0.25) is 0 Å². The highest BCUT2D eigenvalue weighted by Gasteiger charge is 2.19. The molecule has 0 radical (unpaired) electrons. The van der Waals surface area contributed by atoms with Crippen LogP contribution in [-0.4, -0.2) is 35.2 Å². The number of para-hydroxylation sites is 1. The number of aromatic nitrogens is 2. The molecule has 0 aliphatic carbocycles. The van der Waals surface area contributed by atoms with E-state index >= 15 is 0 Å². The molecule has 1 saturated heterocycles. The van der Waals surface area contributed by atoms with E-state index in [2.05, 4.69) is 15.3 Å². The molecule has 1 atom stereocenters. The van der Waals surface area contributed by atoms with Crippen molar-refractivity contribution >= 4 is 22.4 Å². The van der Waals surface area contributed by atoms with Crippen LogP contribution >= 0.6 is 11.3 Å². The molecule has 4 rings (SSSR count). The van der Waals surface area contributed by atoms with Crippen molar-refractivity contribution in [2.75, 3.05) is 18.5 Å². The third-order valence-corrected chi connectivity index (χ3v) is 5.02. The van der Waals surface area contributed by atoms with Gasteiger partial charge in [-0.15, -0.1) is 11.3 Å². The number of amides is 1. The van der Waals surface area contributed by atoms with Crippen LogP contribution < -0.4 is 10.1 Å². The lowest BCUT2D eigenvalue weighted by molar-refractivity contribution is 0.0673. The number of benzene rings is 1. The third-order valence-electron chi connectivity index (χ3n) is 4.26. The molecule has 27 heavy (non-hydrogen) atoms. The molecule has 1 N–H and O–H groups in total. The summed E-state index contributed by atoms with van der Waals surface area (Å²) < 4.78 is 11.4. The molecule has 0 bridgehead atoms. The van der Waals surface area contributed by atoms with Crippen LogP contribution in [0.5, 0.6) is 5.75 Å². The van der Waals surface area contributed by atoms with Gasteiger partial charge in [-0.2, -0.15) is 0 Å². The summed E-state index contributed by atoms with van der Waals surface area (Å²) in [4.78, 5) is 21.3. The molecule has 1 unspecified atom stereocenters. The van der Waals surface area contributed by atoms with Crippen LogP contribution in [0.2, 0.25) is 0 Å². The van der Waals surface area contributed by atoms with Crippen LogP contribution in [0, 0.1) is 0 Å². The molecule has 7 heteroatoms. The molecule has 138 valence electrons. The number of hydrogen-bond acceptors (Lipinski definition) is 6. The first-order valence-corrected chi connectivity index (χ1v) is 9.68. The largest absolute Gasteiger partial charge is 0.490 e. The predicted molar refractivity (Wildman–Crippen MR) is 104 cm³/mol. The van der Waals surface area contributed by atoms with Crippen LogP contribution in [0.15, 0.2) is 54.2 Å². The second-order valence-electron chi connectivity index (χ2n) is 6.18. The SMILES string of the molecule is O=C(Nc1nc(-c2cccnc2)cs1)c1ccccc1OCC1CCCO1. The van der Waals surface area contributed by atoms with E-state index in [0.717, 1.165) is 30.7 Å². The molecule has 0 spiro atoms. The first kappa shape index (κ1) is 17.6. The van der Waals surface area contributed by atoms with Gasteiger partial charge in [-0.1, -0.05) is 12.1 Å². The molecule has 6 nitrogen and oxygen atoms in total. The van der Waals surface area contributed by atoms with Gasteiger partial charge in [-0.3, -0.25) is 15.1 Å². The Hall–Kier alpha value is -2.77. The van der Waals surface area contributed by atoms with E-state index < -0.39 is 0 Å². The Labute approximate surface area is 161 Å². The zero-order chi connectivity index (χ0) is 18.5. The highest BCUT2D eigenvalue weighted by molar-refractivity contribution is 7.14. The number of ether oxygens (including phenoxy) is 2. The van der Waals surface area contributed by atoms with Gasteiger partial charge in [-0.25, -0.2) is 4.98 Å². The van der Waals surface area contributed by atoms with Crippen molar-refractivity contribution in [1.82, 2.24) is 9.97 Å². The fourth-order valence-electron chi connectivity index (χ4n) is 2.88. The van der Waals surface area contributed by atoms with Crippen LogP contribution in [0.1, 0.15) is 23.2 Å². The van der Waals surface area contributed by atoms with Gasteiger partial charge in [0.05, 0.1) is 17.4 Å². The van der Waals surface area contributed by atoms with E-state index in [4.69, 9.17) is 9.47 Å². The van der Waals surface area contributed by atoms with Crippen molar-refractivity contribution in [3.8, 4) is 17.0 Å². The lowest BCUT2D eigenvalue weighted by atomic mass is 10.2. The molecule has 3 heterocycles. The first-order chi connectivity index (χ1) is 13.3. The number of hydrogen-bond donors (Lipinski definition) is 1. The Balaban J connectivity index is 1.44. The molecule has 2 aromatic heterocycles. The zero-order valence-corrected chi connectivity index (χ0v) is 15.4. The Bertz CT molecular complexity index is 908. The van der Waals surface area contributed by atoms with Gasteiger partial charge < -0.3 is 9.47 Å². The molecule has 1 amide bonds. The zero-order valence-electron chi connectivity index (χ0n) is 14.6. The summed E-state index contributed by atoms with van der Waals surface area (Å²) in [5, 5.41) is 5.28. The maximum atomic E-state index is 12.7. The molecule has 3 aromatic rings. The average Bonchev–Trinajstić information content (AvgIpc) is 3.39. The smallest absolute Gasteiger partial charge is 0.261 e. The van der Waals surface area contributed by atoms with Crippen LogP contribution in [0.4, 0.5) is 5.13 Å². The number of thiazole rings is 1. The van der Waals surface area contributed by atoms with Crippen LogP contribution in [0.3, 0.4) is 0 Å². The number of nitrogens with zero attached hydrogens (tertiary/aromatic N) is 2. The molecular formula is C20H19N3O3S. The topological polar surface area (TPSA) is 73.3 Å². The second-order valence-corrected chi connectivity index (χ2v) is 7.03. The molecular weight excluding hydrogens is 362 g/mol. The van der Waals surface area contributed by atoms with Crippen molar-refractivity contribution in [1.29, 1.82) is 0 Å². The van der Waals surface area contributed by atoms with E-state index in [1.54, 1.807) is 24.5 Å². The lowest BCUT2D eigenvalue weighted by Crippen LogP contribution is -2.19. The number of anilines is 1. The molecule has 1 aliphatic heterocycles. The number of rotatable bonds is 6. The van der Waals surface area contributed by atoms with Crippen molar-refractivity contribution in [3.63, 3.8) is 0 Å². The summed E-state index contributed by atoms with van der Waals surface area (Å²) in [6.07, 6.45) is 5.60. The Morgan fingerprint density at radius 3 is 3.04 bits per heavy atom. The van der Waals surface area contributed by atoms with Crippen molar-refractivity contribution in [2.24, 2.45) is 0 Å². The first-order valence-electron chi connectivity index (χ1n) is 8.80. The summed E-state index contributed by atoms with van der Waals surface area (Å²) in [5.41, 5.74) is 2.18. The van der Waals surface area contributed by atoms with Gasteiger partial charge in [0.15, 0.2) is 5.13 Å². The van der Waals surface area contributed by atoms with Crippen molar-refractivity contribution in [3.05, 3.63) is 59.7 Å². The van der Waals surface area contributed by atoms with Gasteiger partial charge in [0.1, 0.15) is 12.4 Å². The van der Waals surface area contributed by atoms with Gasteiger partial charge >= 0.3 is 0 Å². The van der Waals surface area contributed by atoms with Crippen molar-refractivity contribution < 1.29 is 14.3 Å². The highest BCUT2D eigenvalue weighted by atomic mass is 32.1. The second kappa shape index (κ2) is 8.28. The molecule has 1 fully saturated rings. The fourth-order valence-corrected chi connectivity index (χ4v) is 3.60. The number of carbonyl (C=O) groups excluding carboxylic acids is 1. The summed E-state index contributed by atoms with van der Waals surface area (Å²) in [5.74, 6) is 0.305. The van der Waals surface area contributed by atoms with Gasteiger partial charge in [0.25, 0.3) is 5.91 Å². The van der Waals surface area contributed by atoms with E-state index in [-0.39, 0.29) is 12.0 Å². The maximum Gasteiger partial charge on any atom is 0.261 e. The van der Waals surface area contributed by atoms with E-state index in [1.165, 1.54) is 11.3 Å². The minimum Gasteiger partial charge on any atom is -0.490 e. The minimum absolute atomic E-state index is 0.0992. The summed E-state index contributed by atoms with van der Waals surface area (Å²) in [7, 11) is 0. The van der Waals surface area contributed by atoms with Crippen molar-refractivity contribution in [2.45, 2.75) is 18.9 Å². The Kier molecular flexibility index (Phi) is 5.41. The number of nitrogens with one attached hydrogen (secondary N) is 1. The lowest BCUT2D eigenvalue weighted by Gasteiger charge is -2.14. The predicted octanol–water partition coefficient (Wildman–Crippen LogP) is 4.02. The van der Waals surface area contributed by atoms with Crippen LogP contribution in [-0.2, 0) is 4.74 Å². The third kappa shape index (κ3) is 4.32. The fraction of sp³-hybridized carbons (Fsp3) is 0.250. The van der Waals surface area contributed by atoms with E-state index in [9.17, 15) is 4.79 Å². The Morgan fingerprint density at radius 1 is 1.30 bits per heavy atom. The Morgan fingerprint density at radius 2 is 2.22 bits per heavy atom. The minimum atomic E-state index is -0.245. The van der Waals surface area contributed by atoms with Gasteiger partial charge in [0, 0.05) is 29.9 Å². The number of pyridine rings is 1. The van der Waals surface area contributed by atoms with E-state index in [0.29, 0.717) is 23.1 Å². The average molecular weight is 381 g/mol. The molecule has 1 aromatic carbocycles.